The van der Waals surface area contributed by atoms with Crippen LogP contribution in [0.2, 0.25) is 0 Å². The van der Waals surface area contributed by atoms with Gasteiger partial charge in [-0.05, 0) is 9.91 Å². The second-order valence-corrected chi connectivity index (χ2v) is 2.82. The third kappa shape index (κ3) is 3.06. The van der Waals surface area contributed by atoms with Gasteiger partial charge in [-0.1, -0.05) is 0 Å². The van der Waals surface area contributed by atoms with Crippen LogP contribution in [0.3, 0.4) is 0 Å². The van der Waals surface area contributed by atoms with E-state index >= 15 is 0 Å². The number of hydrogen-bond acceptors (Lipinski definition) is 6. The molecule has 0 bridgehead atoms. The Morgan fingerprint density at radius 1 is 1.50 bits per heavy atom. The number of carbonyl (C=O) groups excluding carboxylic acids is 1. The molecule has 0 atom stereocenters. The molecule has 10 heteroatoms. The quantitative estimate of drug-likeness (QED) is 0.468. The average molecular weight is 266 g/mol. The third-order valence-electron chi connectivity index (χ3n) is 1.66. The zero-order chi connectivity index (χ0) is 13.9. The third-order valence-corrected chi connectivity index (χ3v) is 1.66. The summed E-state index contributed by atoms with van der Waals surface area (Å²) in [6.45, 7) is 0. The molecule has 18 heavy (non-hydrogen) atoms. The largest absolute Gasteiger partial charge is 0.573 e. The zero-order valence-electron chi connectivity index (χ0n) is 8.72. The summed E-state index contributed by atoms with van der Waals surface area (Å²) in [6.07, 6.45) is -5.03. The van der Waals surface area contributed by atoms with Crippen molar-refractivity contribution in [3.05, 3.63) is 21.9 Å². The number of hydrogen-bond donors (Lipinski definition) is 0. The zero-order valence-corrected chi connectivity index (χ0v) is 8.72. The number of carbonyl (C=O) groups is 1. The van der Waals surface area contributed by atoms with Gasteiger partial charge in [0.15, 0.2) is 12.0 Å². The van der Waals surface area contributed by atoms with E-state index in [-0.39, 0.29) is 6.29 Å². The van der Waals surface area contributed by atoms with Crippen LogP contribution >= 0.6 is 0 Å². The van der Waals surface area contributed by atoms with Gasteiger partial charge in [-0.25, -0.2) is 0 Å². The maximum atomic E-state index is 12.1. The Morgan fingerprint density at radius 2 is 2.11 bits per heavy atom. The Labute approximate surface area is 97.3 Å². The number of aromatic nitrogens is 1. The van der Waals surface area contributed by atoms with Crippen LogP contribution in [0, 0.1) is 10.1 Å². The molecule has 0 N–H and O–H groups in total. The lowest BCUT2D eigenvalue weighted by molar-refractivity contribution is -0.390. The molecule has 0 aromatic carbocycles. The number of alkyl halides is 3. The Kier molecular flexibility index (Phi) is 3.69. The van der Waals surface area contributed by atoms with Gasteiger partial charge < -0.3 is 19.6 Å². The summed E-state index contributed by atoms with van der Waals surface area (Å²) < 4.78 is 44.2. The highest BCUT2D eigenvalue weighted by Gasteiger charge is 2.35. The van der Waals surface area contributed by atoms with E-state index in [0.717, 1.165) is 7.11 Å². The molecule has 0 amide bonds. The van der Waals surface area contributed by atoms with Gasteiger partial charge in [0.2, 0.25) is 5.69 Å². The van der Waals surface area contributed by atoms with Gasteiger partial charge >= 0.3 is 12.2 Å². The molecular formula is C8H5F3N2O5. The van der Waals surface area contributed by atoms with Crippen molar-refractivity contribution in [2.24, 2.45) is 0 Å². The summed E-state index contributed by atoms with van der Waals surface area (Å²) in [5.41, 5.74) is -0.582. The monoisotopic (exact) mass is 266 g/mol. The van der Waals surface area contributed by atoms with Crippen LogP contribution in [0.5, 0.6) is 11.5 Å². The van der Waals surface area contributed by atoms with E-state index in [1.165, 1.54) is 0 Å². The maximum absolute atomic E-state index is 12.1. The van der Waals surface area contributed by atoms with Gasteiger partial charge in [0, 0.05) is 6.07 Å². The molecule has 0 radical (unpaired) electrons. The second-order valence-electron chi connectivity index (χ2n) is 2.82. The molecule has 0 saturated heterocycles. The van der Waals surface area contributed by atoms with E-state index < -0.39 is 34.3 Å². The highest BCUT2D eigenvalue weighted by atomic mass is 19.4. The molecule has 0 aliphatic rings. The minimum atomic E-state index is -5.08. The Hall–Kier alpha value is -2.39. The first-order valence-corrected chi connectivity index (χ1v) is 4.23. The fourth-order valence-corrected chi connectivity index (χ4v) is 1.09. The number of rotatable bonds is 4. The van der Waals surface area contributed by atoms with Crippen LogP contribution in [0.25, 0.3) is 0 Å². The predicted molar refractivity (Wildman–Crippen MR) is 49.5 cm³/mol. The average Bonchev–Trinajstić information content (AvgIpc) is 2.25. The standard InChI is InChI=1S/C8H5F3N2O5/c1-17-6-5(18-8(9,10)11)2-4(3-14)12-7(6)13(15)16/h2-3H,1H3. The number of ether oxygens (including phenoxy) is 2. The van der Waals surface area contributed by atoms with Crippen molar-refractivity contribution in [1.82, 2.24) is 4.98 Å². The molecule has 1 rings (SSSR count). The molecular weight excluding hydrogens is 261 g/mol. The minimum absolute atomic E-state index is 0.0513. The van der Waals surface area contributed by atoms with Crippen LogP contribution in [-0.4, -0.2) is 29.7 Å². The molecule has 0 saturated carbocycles. The summed E-state index contributed by atoms with van der Waals surface area (Å²) >= 11 is 0. The fraction of sp³-hybridized carbons (Fsp3) is 0.250. The minimum Gasteiger partial charge on any atom is -0.486 e. The van der Waals surface area contributed by atoms with Crippen LogP contribution in [0.1, 0.15) is 10.5 Å². The van der Waals surface area contributed by atoms with E-state index in [2.05, 4.69) is 14.5 Å². The van der Waals surface area contributed by atoms with Gasteiger partial charge in [-0.3, -0.25) is 4.79 Å². The Balaban J connectivity index is 3.42. The highest BCUT2D eigenvalue weighted by Crippen LogP contribution is 2.38. The van der Waals surface area contributed by atoms with E-state index in [4.69, 9.17) is 0 Å². The first-order valence-electron chi connectivity index (χ1n) is 4.23. The molecule has 0 aliphatic carbocycles. The lowest BCUT2D eigenvalue weighted by Crippen LogP contribution is -2.18. The van der Waals surface area contributed by atoms with E-state index in [0.29, 0.717) is 6.07 Å². The number of methoxy groups -OCH3 is 1. The van der Waals surface area contributed by atoms with E-state index in [1.807, 2.05) is 0 Å². The number of nitrogens with zero attached hydrogens (tertiary/aromatic N) is 2. The highest BCUT2D eigenvalue weighted by molar-refractivity contribution is 5.75. The van der Waals surface area contributed by atoms with Crippen LogP contribution in [0.15, 0.2) is 6.07 Å². The molecule has 0 fully saturated rings. The predicted octanol–water partition coefficient (Wildman–Crippen LogP) is 1.71. The first-order chi connectivity index (χ1) is 8.28. The fourth-order valence-electron chi connectivity index (χ4n) is 1.09. The van der Waals surface area contributed by atoms with Gasteiger partial charge in [-0.15, -0.1) is 13.2 Å². The first kappa shape index (κ1) is 13.7. The number of nitro groups is 1. The van der Waals surface area contributed by atoms with Crippen molar-refractivity contribution in [3.8, 4) is 11.5 Å². The van der Waals surface area contributed by atoms with Crippen LogP contribution in [-0.2, 0) is 0 Å². The smallest absolute Gasteiger partial charge is 0.486 e. The lowest BCUT2D eigenvalue weighted by Gasteiger charge is -2.11. The van der Waals surface area contributed by atoms with Gasteiger partial charge in [0.25, 0.3) is 5.75 Å². The lowest BCUT2D eigenvalue weighted by atomic mass is 10.3. The Morgan fingerprint density at radius 3 is 2.50 bits per heavy atom. The topological polar surface area (TPSA) is 91.6 Å². The van der Waals surface area contributed by atoms with Crippen molar-refractivity contribution in [3.63, 3.8) is 0 Å². The molecule has 98 valence electrons. The van der Waals surface area contributed by atoms with Crippen molar-refractivity contribution in [1.29, 1.82) is 0 Å². The van der Waals surface area contributed by atoms with E-state index in [1.54, 1.807) is 0 Å². The molecule has 0 spiro atoms. The molecule has 1 aromatic heterocycles. The maximum Gasteiger partial charge on any atom is 0.573 e. The van der Waals surface area contributed by atoms with Crippen molar-refractivity contribution in [2.45, 2.75) is 6.36 Å². The summed E-state index contributed by atoms with van der Waals surface area (Å²) in [5.74, 6) is -2.86. The number of halogens is 3. The molecule has 1 aromatic rings. The summed E-state index contributed by atoms with van der Waals surface area (Å²) in [5, 5.41) is 10.6. The summed E-state index contributed by atoms with van der Waals surface area (Å²) in [4.78, 5) is 23.1. The Bertz CT molecular complexity index is 488. The van der Waals surface area contributed by atoms with Crippen molar-refractivity contribution >= 4 is 12.1 Å². The van der Waals surface area contributed by atoms with Gasteiger partial charge in [0.05, 0.1) is 7.11 Å². The number of pyridine rings is 1. The normalized spacial score (nSPS) is 10.9. The molecule has 1 heterocycles. The van der Waals surface area contributed by atoms with Gasteiger partial charge in [-0.2, -0.15) is 0 Å². The number of aldehydes is 1. The molecule has 7 nitrogen and oxygen atoms in total. The van der Waals surface area contributed by atoms with Crippen LogP contribution in [0.4, 0.5) is 19.0 Å². The summed E-state index contributed by atoms with van der Waals surface area (Å²) in [7, 11) is 0.911. The van der Waals surface area contributed by atoms with E-state index in [9.17, 15) is 28.1 Å². The SMILES string of the molecule is COc1c(OC(F)(F)F)cc(C=O)nc1[N+](=O)[O-]. The summed E-state index contributed by atoms with van der Waals surface area (Å²) in [6, 6.07) is 0.590. The molecule has 0 unspecified atom stereocenters. The van der Waals surface area contributed by atoms with Gasteiger partial charge in [0.1, 0.15) is 0 Å². The van der Waals surface area contributed by atoms with Crippen LogP contribution < -0.4 is 9.47 Å². The molecule has 0 aliphatic heterocycles. The van der Waals surface area contributed by atoms with Crippen molar-refractivity contribution in [2.75, 3.05) is 7.11 Å². The second kappa shape index (κ2) is 4.85. The van der Waals surface area contributed by atoms with Crippen molar-refractivity contribution < 1.29 is 32.4 Å².